The van der Waals surface area contributed by atoms with Gasteiger partial charge in [-0.15, -0.1) is 0 Å². The first kappa shape index (κ1) is 14.5. The summed E-state index contributed by atoms with van der Waals surface area (Å²) in [6.45, 7) is 5.02. The van der Waals surface area contributed by atoms with Crippen LogP contribution in [0.15, 0.2) is 0 Å². The van der Waals surface area contributed by atoms with Crippen LogP contribution in [0.5, 0.6) is 0 Å². The van der Waals surface area contributed by atoms with Gasteiger partial charge in [-0.25, -0.2) is 0 Å². The zero-order valence-electron chi connectivity index (χ0n) is 14.0. The average molecular weight is 292 g/mol. The maximum atomic E-state index is 10.5. The molecule has 0 amide bonds. The number of aliphatic hydroxyl groups excluding tert-OH is 1. The minimum Gasteiger partial charge on any atom is -0.393 e. The molecule has 0 heterocycles. The highest BCUT2D eigenvalue weighted by atomic mass is 16.3. The van der Waals surface area contributed by atoms with E-state index in [1.165, 1.54) is 51.4 Å². The van der Waals surface area contributed by atoms with Crippen molar-refractivity contribution < 1.29 is 10.8 Å². The number of fused-ring (bicyclic) bond motifs is 5. The van der Waals surface area contributed by atoms with Gasteiger partial charge in [0.25, 0.3) is 0 Å². The van der Waals surface area contributed by atoms with Gasteiger partial charge >= 0.3 is 0 Å². The molecule has 0 saturated heterocycles. The van der Waals surface area contributed by atoms with Gasteiger partial charge in [0.2, 0.25) is 0 Å². The Labute approximate surface area is 129 Å². The van der Waals surface area contributed by atoms with Crippen LogP contribution in [0, 0.1) is 34.5 Å². The molecular weight excluding hydrogens is 258 g/mol. The van der Waals surface area contributed by atoms with Crippen molar-refractivity contribution in [1.82, 2.24) is 0 Å². The minimum atomic E-state index is -0.0236. The van der Waals surface area contributed by atoms with Crippen LogP contribution in [-0.4, -0.2) is 17.3 Å². The molecule has 4 fully saturated rings. The van der Waals surface area contributed by atoms with E-state index in [0.717, 1.165) is 30.1 Å². The summed E-state index contributed by atoms with van der Waals surface area (Å²) in [6.07, 6.45) is 12.0. The van der Waals surface area contributed by atoms with Crippen LogP contribution in [0.1, 0.15) is 71.6 Å². The highest BCUT2D eigenvalue weighted by Gasteiger charge is 2.60. The summed E-state index contributed by atoms with van der Waals surface area (Å²) in [7, 11) is 0. The molecule has 4 rings (SSSR count). The zero-order chi connectivity index (χ0) is 14.8. The third-order valence-electron chi connectivity index (χ3n) is 8.72. The molecule has 4 aliphatic carbocycles. The highest BCUT2D eigenvalue weighted by molar-refractivity contribution is 5.09. The van der Waals surface area contributed by atoms with Gasteiger partial charge in [0.1, 0.15) is 0 Å². The largest absolute Gasteiger partial charge is 0.393 e. The third kappa shape index (κ3) is 1.91. The fourth-order valence-electron chi connectivity index (χ4n) is 7.32. The SMILES string of the molecule is C[C@@]12CC[C@H]3[C@@H](CC[C@H]4C[C@@H]([NH3+])CC[C@]43C)[C@H]1CC[C@@H]2O. The maximum absolute atomic E-state index is 10.5. The molecular formula is C19H34NO+. The van der Waals surface area contributed by atoms with Crippen LogP contribution in [0.25, 0.3) is 0 Å². The van der Waals surface area contributed by atoms with E-state index in [1.54, 1.807) is 0 Å². The van der Waals surface area contributed by atoms with Crippen molar-refractivity contribution in [3.8, 4) is 0 Å². The molecule has 8 atom stereocenters. The molecule has 0 radical (unpaired) electrons. The summed E-state index contributed by atoms with van der Waals surface area (Å²) in [4.78, 5) is 0. The van der Waals surface area contributed by atoms with Crippen LogP contribution in [0.2, 0.25) is 0 Å². The molecule has 0 aliphatic heterocycles. The molecule has 0 unspecified atom stereocenters. The Hall–Kier alpha value is -0.0800. The Morgan fingerprint density at radius 2 is 1.57 bits per heavy atom. The first-order valence-corrected chi connectivity index (χ1v) is 9.46. The molecule has 2 heteroatoms. The van der Waals surface area contributed by atoms with Crippen molar-refractivity contribution in [2.24, 2.45) is 34.5 Å². The minimum absolute atomic E-state index is 0.0236. The van der Waals surface area contributed by atoms with Crippen molar-refractivity contribution in [3.63, 3.8) is 0 Å². The first-order chi connectivity index (χ1) is 9.95. The number of quaternary nitrogens is 1. The van der Waals surface area contributed by atoms with Crippen molar-refractivity contribution >= 4 is 0 Å². The Morgan fingerprint density at radius 1 is 0.857 bits per heavy atom. The van der Waals surface area contributed by atoms with Gasteiger partial charge in [-0.2, -0.15) is 0 Å². The number of aliphatic hydroxyl groups is 1. The summed E-state index contributed by atoms with van der Waals surface area (Å²) in [5.41, 5.74) is 5.20. The zero-order valence-corrected chi connectivity index (χ0v) is 14.0. The molecule has 21 heavy (non-hydrogen) atoms. The molecule has 0 spiro atoms. The van der Waals surface area contributed by atoms with Crippen LogP contribution in [0.4, 0.5) is 0 Å². The Kier molecular flexibility index (Phi) is 3.25. The Bertz CT molecular complexity index is 424. The lowest BCUT2D eigenvalue weighted by molar-refractivity contribution is -0.433. The van der Waals surface area contributed by atoms with Gasteiger partial charge in [0, 0.05) is 6.42 Å². The molecule has 2 nitrogen and oxygen atoms in total. The monoisotopic (exact) mass is 292 g/mol. The normalized spacial score (nSPS) is 60.0. The van der Waals surface area contributed by atoms with E-state index >= 15 is 0 Å². The Morgan fingerprint density at radius 3 is 2.38 bits per heavy atom. The molecule has 4 saturated carbocycles. The van der Waals surface area contributed by atoms with Gasteiger partial charge in [-0.1, -0.05) is 13.8 Å². The quantitative estimate of drug-likeness (QED) is 0.708. The van der Waals surface area contributed by atoms with E-state index in [2.05, 4.69) is 19.6 Å². The van der Waals surface area contributed by atoms with Gasteiger partial charge in [0.05, 0.1) is 12.1 Å². The molecule has 0 bridgehead atoms. The van der Waals surface area contributed by atoms with E-state index in [0.29, 0.717) is 11.5 Å². The summed E-state index contributed by atoms with van der Waals surface area (Å²) >= 11 is 0. The summed E-state index contributed by atoms with van der Waals surface area (Å²) in [5, 5.41) is 10.5. The summed E-state index contributed by atoms with van der Waals surface area (Å²) < 4.78 is 0. The molecule has 120 valence electrons. The van der Waals surface area contributed by atoms with Crippen LogP contribution < -0.4 is 5.73 Å². The number of hydrogen-bond acceptors (Lipinski definition) is 1. The Balaban J connectivity index is 1.62. The summed E-state index contributed by atoms with van der Waals surface area (Å²) in [5.74, 6) is 3.59. The van der Waals surface area contributed by atoms with E-state index < -0.39 is 0 Å². The highest BCUT2D eigenvalue weighted by Crippen LogP contribution is 2.65. The molecule has 0 aromatic carbocycles. The van der Waals surface area contributed by atoms with Gasteiger partial charge in [-0.3, -0.25) is 0 Å². The average Bonchev–Trinajstić information content (AvgIpc) is 2.76. The lowest BCUT2D eigenvalue weighted by atomic mass is 9.45. The van der Waals surface area contributed by atoms with Gasteiger partial charge in [0.15, 0.2) is 0 Å². The lowest BCUT2D eigenvalue weighted by Crippen LogP contribution is -2.65. The number of rotatable bonds is 0. The van der Waals surface area contributed by atoms with Crippen LogP contribution >= 0.6 is 0 Å². The molecule has 0 aromatic heterocycles. The van der Waals surface area contributed by atoms with Gasteiger partial charge < -0.3 is 10.8 Å². The fraction of sp³-hybridized carbons (Fsp3) is 1.00. The van der Waals surface area contributed by atoms with Gasteiger partial charge in [-0.05, 0) is 85.9 Å². The van der Waals surface area contributed by atoms with E-state index in [4.69, 9.17) is 0 Å². The second-order valence-electron chi connectivity index (χ2n) is 9.43. The van der Waals surface area contributed by atoms with E-state index in [9.17, 15) is 5.11 Å². The first-order valence-electron chi connectivity index (χ1n) is 9.46. The predicted molar refractivity (Wildman–Crippen MR) is 84.4 cm³/mol. The maximum Gasteiger partial charge on any atom is 0.0846 e. The van der Waals surface area contributed by atoms with Crippen molar-refractivity contribution in [1.29, 1.82) is 0 Å². The third-order valence-corrected chi connectivity index (χ3v) is 8.72. The smallest absolute Gasteiger partial charge is 0.0846 e. The molecule has 4 aliphatic rings. The lowest BCUT2D eigenvalue weighted by Gasteiger charge is -2.60. The second-order valence-corrected chi connectivity index (χ2v) is 9.43. The van der Waals surface area contributed by atoms with E-state index in [-0.39, 0.29) is 11.5 Å². The topological polar surface area (TPSA) is 47.9 Å². The van der Waals surface area contributed by atoms with Crippen LogP contribution in [-0.2, 0) is 0 Å². The van der Waals surface area contributed by atoms with Crippen LogP contribution in [0.3, 0.4) is 0 Å². The summed E-state index contributed by atoms with van der Waals surface area (Å²) in [6, 6.07) is 0.710. The second kappa shape index (κ2) is 4.71. The molecule has 4 N–H and O–H groups in total. The van der Waals surface area contributed by atoms with Crippen molar-refractivity contribution in [2.75, 3.05) is 0 Å². The van der Waals surface area contributed by atoms with E-state index in [1.807, 2.05) is 0 Å². The van der Waals surface area contributed by atoms with Crippen molar-refractivity contribution in [2.45, 2.75) is 83.8 Å². The number of hydrogen-bond donors (Lipinski definition) is 2. The van der Waals surface area contributed by atoms with Crippen molar-refractivity contribution in [3.05, 3.63) is 0 Å². The predicted octanol–water partition coefficient (Wildman–Crippen LogP) is 3.00. The standard InChI is InChI=1S/C19H33NO/c1-18-9-7-13(20)11-12(18)3-4-14-15-5-6-17(21)19(15,2)10-8-16(14)18/h12-17,21H,3-11,20H2,1-2H3/p+1/t12-,13-,14-,15+,16-,17-,18+,19+/m0/s1. The fourth-order valence-corrected chi connectivity index (χ4v) is 7.32. The molecule has 0 aromatic rings.